The van der Waals surface area contributed by atoms with Crippen molar-refractivity contribution in [1.29, 1.82) is 0 Å². The molecule has 2 heterocycles. The zero-order valence-electron chi connectivity index (χ0n) is 15.6. The Hall–Kier alpha value is -2.38. The molecule has 7 nitrogen and oxygen atoms in total. The highest BCUT2D eigenvalue weighted by molar-refractivity contribution is 6.03. The maximum atomic E-state index is 9.51. The summed E-state index contributed by atoms with van der Waals surface area (Å²) >= 11 is 0. The van der Waals surface area contributed by atoms with Crippen LogP contribution >= 0.6 is 0 Å². The second-order valence-corrected chi connectivity index (χ2v) is 6.77. The van der Waals surface area contributed by atoms with E-state index in [0.29, 0.717) is 6.54 Å². The van der Waals surface area contributed by atoms with Crippen molar-refractivity contribution in [3.8, 4) is 0 Å². The number of rotatable bonds is 7. The number of nitrogens with one attached hydrogen (secondary N) is 3. The minimum absolute atomic E-state index is 0.00680. The Labute approximate surface area is 154 Å². The molecule has 1 aromatic carbocycles. The van der Waals surface area contributed by atoms with Gasteiger partial charge in [-0.1, -0.05) is 37.3 Å². The molecule has 2 atom stereocenters. The van der Waals surface area contributed by atoms with Crippen LogP contribution in [0.4, 0.5) is 5.82 Å². The zero-order chi connectivity index (χ0) is 18.5. The standard InChI is InChI=1S/C19H28N6O/c1-4-15(11-26)22-19-23-17(20-10-14-8-6-5-7-9-14)16-18(24-19)25(12-21-16)13(2)3/h5-9,12-13,15,19,22,24,26H,4,10-11H2,1-3H3,(H,20,23). The summed E-state index contributed by atoms with van der Waals surface area (Å²) in [5.41, 5.74) is 1.97. The first-order valence-electron chi connectivity index (χ1n) is 9.18. The number of nitrogens with zero attached hydrogens (tertiary/aromatic N) is 3. The molecular formula is C19H28N6O. The van der Waals surface area contributed by atoms with Gasteiger partial charge in [-0.25, -0.2) is 4.98 Å². The summed E-state index contributed by atoms with van der Waals surface area (Å²) in [6.07, 6.45) is 2.46. The van der Waals surface area contributed by atoms with Gasteiger partial charge in [0.25, 0.3) is 0 Å². The molecular weight excluding hydrogens is 328 g/mol. The fourth-order valence-electron chi connectivity index (χ4n) is 2.94. The topological polar surface area (TPSA) is 86.5 Å². The van der Waals surface area contributed by atoms with E-state index in [2.05, 4.69) is 51.5 Å². The van der Waals surface area contributed by atoms with E-state index in [1.807, 2.05) is 31.5 Å². The van der Waals surface area contributed by atoms with Gasteiger partial charge < -0.3 is 20.3 Å². The zero-order valence-corrected chi connectivity index (χ0v) is 15.6. The number of fused-ring (bicyclic) bond motifs is 1. The van der Waals surface area contributed by atoms with Crippen LogP contribution in [-0.4, -0.2) is 39.4 Å². The fourth-order valence-corrected chi connectivity index (χ4v) is 2.94. The number of hydrogen-bond donors (Lipinski definition) is 4. The predicted octanol–water partition coefficient (Wildman–Crippen LogP) is 2.07. The first-order valence-corrected chi connectivity index (χ1v) is 9.18. The fraction of sp³-hybridized carbons (Fsp3) is 0.474. The van der Waals surface area contributed by atoms with Gasteiger partial charge in [0, 0.05) is 12.1 Å². The molecule has 1 aromatic heterocycles. The van der Waals surface area contributed by atoms with Gasteiger partial charge in [0.15, 0.2) is 12.1 Å². The monoisotopic (exact) mass is 356 g/mol. The minimum Gasteiger partial charge on any atom is -0.395 e. The van der Waals surface area contributed by atoms with Crippen molar-refractivity contribution < 1.29 is 5.11 Å². The summed E-state index contributed by atoms with van der Waals surface area (Å²) in [5.74, 6) is 1.70. The third-order valence-corrected chi connectivity index (χ3v) is 4.51. The molecule has 3 rings (SSSR count). The van der Waals surface area contributed by atoms with Gasteiger partial charge in [0.05, 0.1) is 19.5 Å². The van der Waals surface area contributed by atoms with Gasteiger partial charge in [0.2, 0.25) is 0 Å². The van der Waals surface area contributed by atoms with Gasteiger partial charge >= 0.3 is 0 Å². The Kier molecular flexibility index (Phi) is 5.90. The summed E-state index contributed by atoms with van der Waals surface area (Å²) in [6.45, 7) is 6.96. The highest BCUT2D eigenvalue weighted by Gasteiger charge is 2.28. The first kappa shape index (κ1) is 18.4. The van der Waals surface area contributed by atoms with Crippen molar-refractivity contribution >= 4 is 11.7 Å². The van der Waals surface area contributed by atoms with Crippen LogP contribution in [0.1, 0.15) is 44.5 Å². The molecule has 7 heteroatoms. The van der Waals surface area contributed by atoms with Crippen molar-refractivity contribution in [2.24, 2.45) is 4.99 Å². The summed E-state index contributed by atoms with van der Waals surface area (Å²) in [4.78, 5) is 9.32. The predicted molar refractivity (Wildman–Crippen MR) is 104 cm³/mol. The van der Waals surface area contributed by atoms with E-state index in [-0.39, 0.29) is 25.0 Å². The van der Waals surface area contributed by atoms with E-state index in [1.54, 1.807) is 0 Å². The Balaban J connectivity index is 1.87. The molecule has 140 valence electrons. The minimum atomic E-state index is -0.219. The molecule has 2 unspecified atom stereocenters. The third kappa shape index (κ3) is 4.05. The summed E-state index contributed by atoms with van der Waals surface area (Å²) in [5, 5.41) is 19.7. The number of hydrogen-bond acceptors (Lipinski definition) is 5. The molecule has 0 saturated carbocycles. The lowest BCUT2D eigenvalue weighted by Crippen LogP contribution is -2.57. The van der Waals surface area contributed by atoms with Crippen molar-refractivity contribution in [2.45, 2.75) is 52.1 Å². The van der Waals surface area contributed by atoms with Crippen LogP contribution < -0.4 is 16.0 Å². The van der Waals surface area contributed by atoms with Crippen molar-refractivity contribution in [3.63, 3.8) is 0 Å². The lowest BCUT2D eigenvalue weighted by molar-refractivity contribution is 0.228. The molecule has 0 fully saturated rings. The van der Waals surface area contributed by atoms with Gasteiger partial charge in [-0.2, -0.15) is 0 Å². The number of amidine groups is 1. The van der Waals surface area contributed by atoms with Crippen LogP contribution in [0.2, 0.25) is 0 Å². The van der Waals surface area contributed by atoms with Gasteiger partial charge in [0.1, 0.15) is 11.5 Å². The molecule has 0 radical (unpaired) electrons. The van der Waals surface area contributed by atoms with Gasteiger partial charge in [-0.3, -0.25) is 10.3 Å². The molecule has 1 aliphatic heterocycles. The smallest absolute Gasteiger partial charge is 0.155 e. The number of anilines is 1. The van der Waals surface area contributed by atoms with Gasteiger partial charge in [-0.15, -0.1) is 0 Å². The Morgan fingerprint density at radius 1 is 1.27 bits per heavy atom. The summed E-state index contributed by atoms with van der Waals surface area (Å²) in [7, 11) is 0. The molecule has 26 heavy (non-hydrogen) atoms. The molecule has 0 spiro atoms. The van der Waals surface area contributed by atoms with Crippen LogP contribution in [0.5, 0.6) is 0 Å². The van der Waals surface area contributed by atoms with Crippen LogP contribution in [-0.2, 0) is 6.54 Å². The molecule has 2 aromatic rings. The number of aliphatic hydroxyl groups excluding tert-OH is 1. The second kappa shape index (κ2) is 8.33. The molecule has 0 saturated heterocycles. The van der Waals surface area contributed by atoms with Gasteiger partial charge in [-0.05, 0) is 25.8 Å². The molecule has 4 N–H and O–H groups in total. The molecule has 0 aliphatic carbocycles. The third-order valence-electron chi connectivity index (χ3n) is 4.51. The highest BCUT2D eigenvalue weighted by Crippen LogP contribution is 2.23. The van der Waals surface area contributed by atoms with Crippen molar-refractivity contribution in [3.05, 3.63) is 47.9 Å². The Morgan fingerprint density at radius 2 is 2.04 bits per heavy atom. The highest BCUT2D eigenvalue weighted by atomic mass is 16.3. The quantitative estimate of drug-likeness (QED) is 0.610. The van der Waals surface area contributed by atoms with Crippen molar-refractivity contribution in [2.75, 3.05) is 11.9 Å². The number of benzene rings is 1. The molecule has 0 amide bonds. The second-order valence-electron chi connectivity index (χ2n) is 6.77. The Morgan fingerprint density at radius 3 is 2.69 bits per heavy atom. The molecule has 0 bridgehead atoms. The first-order chi connectivity index (χ1) is 12.6. The summed E-state index contributed by atoms with van der Waals surface area (Å²) in [6, 6.07) is 10.5. The lowest BCUT2D eigenvalue weighted by Gasteiger charge is -2.32. The van der Waals surface area contributed by atoms with E-state index in [4.69, 9.17) is 4.99 Å². The Bertz CT molecular complexity index is 736. The van der Waals surface area contributed by atoms with E-state index in [0.717, 1.165) is 29.3 Å². The normalized spacial score (nSPS) is 19.1. The number of aromatic nitrogens is 2. The largest absolute Gasteiger partial charge is 0.395 e. The number of aliphatic hydroxyl groups is 1. The van der Waals surface area contributed by atoms with E-state index < -0.39 is 0 Å². The van der Waals surface area contributed by atoms with E-state index in [9.17, 15) is 5.11 Å². The SMILES string of the molecule is CCC(CO)NC1NC(=NCc2ccccc2)c2ncn(C(C)C)c2N1. The van der Waals surface area contributed by atoms with Crippen LogP contribution in [0.3, 0.4) is 0 Å². The number of aliphatic imine (C=N–C) groups is 1. The summed E-state index contributed by atoms with van der Waals surface area (Å²) < 4.78 is 2.10. The van der Waals surface area contributed by atoms with Crippen molar-refractivity contribution in [1.82, 2.24) is 20.2 Å². The van der Waals surface area contributed by atoms with Crippen LogP contribution in [0.15, 0.2) is 41.7 Å². The average Bonchev–Trinajstić information content (AvgIpc) is 3.09. The average molecular weight is 356 g/mol. The lowest BCUT2D eigenvalue weighted by atomic mass is 10.2. The maximum absolute atomic E-state index is 9.51. The van der Waals surface area contributed by atoms with E-state index in [1.165, 1.54) is 0 Å². The van der Waals surface area contributed by atoms with Crippen LogP contribution in [0, 0.1) is 0 Å². The maximum Gasteiger partial charge on any atom is 0.155 e. The number of imidazole rings is 1. The van der Waals surface area contributed by atoms with E-state index >= 15 is 0 Å². The molecule has 1 aliphatic rings. The van der Waals surface area contributed by atoms with Crippen LogP contribution in [0.25, 0.3) is 0 Å².